The van der Waals surface area contributed by atoms with Gasteiger partial charge in [-0.2, -0.15) is 0 Å². The molecule has 3 aliphatic rings. The molecule has 17 nitrogen and oxygen atoms in total. The van der Waals surface area contributed by atoms with E-state index in [0.29, 0.717) is 25.7 Å². The first-order valence-electron chi connectivity index (χ1n) is 18.7. The fourth-order valence-electron chi connectivity index (χ4n) is 6.78. The van der Waals surface area contributed by atoms with E-state index in [1.165, 1.54) is 19.3 Å². The predicted octanol–water partition coefficient (Wildman–Crippen LogP) is 0.874. The van der Waals surface area contributed by atoms with Crippen molar-refractivity contribution >= 4 is 23.7 Å². The van der Waals surface area contributed by atoms with Crippen molar-refractivity contribution in [1.82, 2.24) is 10.6 Å². The Hall–Kier alpha value is -3.68. The number of nitrogens with one attached hydrogen (secondary N) is 2. The number of guanidine groups is 1. The summed E-state index contributed by atoms with van der Waals surface area (Å²) >= 11 is 0. The number of ether oxygens (including phenoxy) is 5. The molecular formula is C38H61N5O12. The van der Waals surface area contributed by atoms with Crippen molar-refractivity contribution in [2.24, 2.45) is 27.8 Å². The van der Waals surface area contributed by atoms with Crippen LogP contribution in [0, 0.1) is 11.3 Å². The number of rotatable bonds is 19. The molecule has 310 valence electrons. The van der Waals surface area contributed by atoms with Gasteiger partial charge < -0.3 is 66.2 Å². The summed E-state index contributed by atoms with van der Waals surface area (Å²) in [4.78, 5) is 40.7. The maximum atomic E-state index is 13.4. The molecule has 55 heavy (non-hydrogen) atoms. The molecule has 3 aliphatic heterocycles. The van der Waals surface area contributed by atoms with E-state index in [0.717, 1.165) is 5.57 Å². The fourth-order valence-corrected chi connectivity index (χ4v) is 6.78. The molecule has 0 spiro atoms. The van der Waals surface area contributed by atoms with Crippen molar-refractivity contribution in [3.8, 4) is 0 Å². The third kappa shape index (κ3) is 12.7. The number of aliphatic hydroxyl groups excluding tert-OH is 3. The lowest BCUT2D eigenvalue weighted by molar-refractivity contribution is -0.330. The summed E-state index contributed by atoms with van der Waals surface area (Å²) in [6.07, 6.45) is 5.02. The molecule has 0 aromatic rings. The molecule has 0 bridgehead atoms. The van der Waals surface area contributed by atoms with Crippen LogP contribution in [0.15, 0.2) is 53.6 Å². The maximum Gasteiger partial charge on any atom is 0.326 e. The number of unbranched alkanes of at least 4 members (excludes halogenated alkanes) is 1. The molecule has 0 aromatic carbocycles. The summed E-state index contributed by atoms with van der Waals surface area (Å²) < 4.78 is 29.4. The van der Waals surface area contributed by atoms with Crippen LogP contribution in [0.2, 0.25) is 0 Å². The number of nitrogens with two attached hydrogens (primary N) is 2. The molecule has 0 aliphatic carbocycles. The molecule has 0 saturated carbocycles. The number of aliphatic imine (C=N–C) groups is 1. The zero-order valence-electron chi connectivity index (χ0n) is 32.5. The van der Waals surface area contributed by atoms with Gasteiger partial charge in [0.15, 0.2) is 18.3 Å². The number of carbonyl (C=O) groups is 3. The topological polar surface area (TPSA) is 267 Å². The van der Waals surface area contributed by atoms with Gasteiger partial charge in [0, 0.05) is 43.9 Å². The number of hydrogen-bond donors (Lipinski definition) is 8. The summed E-state index contributed by atoms with van der Waals surface area (Å²) in [5.74, 6) is -4.24. The molecule has 0 radical (unpaired) electrons. The first-order valence-corrected chi connectivity index (χ1v) is 18.7. The normalized spacial score (nSPS) is 31.1. The van der Waals surface area contributed by atoms with Crippen LogP contribution in [0.4, 0.5) is 0 Å². The minimum atomic E-state index is -1.73. The highest BCUT2D eigenvalue weighted by Gasteiger charge is 2.56. The third-order valence-corrected chi connectivity index (χ3v) is 10.5. The van der Waals surface area contributed by atoms with Crippen LogP contribution in [-0.2, 0) is 38.1 Å². The van der Waals surface area contributed by atoms with Gasteiger partial charge in [0.2, 0.25) is 11.7 Å². The number of aliphatic hydroxyl groups is 3. The number of carbonyl (C=O) groups excluding carboxylic acids is 2. The lowest BCUT2D eigenvalue weighted by atomic mass is 9.72. The highest BCUT2D eigenvalue weighted by atomic mass is 16.7. The van der Waals surface area contributed by atoms with Crippen LogP contribution in [0.5, 0.6) is 0 Å². The summed E-state index contributed by atoms with van der Waals surface area (Å²) in [7, 11) is 1.36. The van der Waals surface area contributed by atoms with Gasteiger partial charge >= 0.3 is 5.97 Å². The zero-order valence-corrected chi connectivity index (χ0v) is 32.5. The average molecular weight is 780 g/mol. The van der Waals surface area contributed by atoms with E-state index in [1.54, 1.807) is 18.2 Å². The Morgan fingerprint density at radius 1 is 1.07 bits per heavy atom. The van der Waals surface area contributed by atoms with Crippen LogP contribution < -0.4 is 22.1 Å². The van der Waals surface area contributed by atoms with Gasteiger partial charge in [-0.05, 0) is 39.0 Å². The van der Waals surface area contributed by atoms with E-state index >= 15 is 0 Å². The smallest absolute Gasteiger partial charge is 0.326 e. The first kappa shape index (κ1) is 45.7. The molecule has 2 amide bonds. The molecule has 0 aromatic heterocycles. The summed E-state index contributed by atoms with van der Waals surface area (Å²) in [5.41, 5.74) is 10.5. The highest BCUT2D eigenvalue weighted by molar-refractivity contribution is 5.91. The van der Waals surface area contributed by atoms with Crippen molar-refractivity contribution < 1.29 is 58.5 Å². The van der Waals surface area contributed by atoms with E-state index in [9.17, 15) is 34.8 Å². The summed E-state index contributed by atoms with van der Waals surface area (Å²) in [5, 5.41) is 48.0. The second-order valence-electron chi connectivity index (χ2n) is 14.9. The van der Waals surface area contributed by atoms with Crippen LogP contribution in [0.1, 0.15) is 72.6 Å². The highest BCUT2D eigenvalue weighted by Crippen LogP contribution is 2.43. The van der Waals surface area contributed by atoms with Crippen LogP contribution in [0.25, 0.3) is 0 Å². The van der Waals surface area contributed by atoms with Crippen LogP contribution in [0.3, 0.4) is 0 Å². The van der Waals surface area contributed by atoms with Crippen molar-refractivity contribution in [3.05, 3.63) is 48.6 Å². The van der Waals surface area contributed by atoms with E-state index in [2.05, 4.69) is 22.2 Å². The van der Waals surface area contributed by atoms with Crippen molar-refractivity contribution in [3.63, 3.8) is 0 Å². The van der Waals surface area contributed by atoms with Crippen molar-refractivity contribution in [1.29, 1.82) is 0 Å². The van der Waals surface area contributed by atoms with E-state index < -0.39 is 77.9 Å². The Kier molecular flexibility index (Phi) is 17.5. The van der Waals surface area contributed by atoms with Gasteiger partial charge in [-0.3, -0.25) is 14.6 Å². The number of aliphatic carboxylic acids is 1. The van der Waals surface area contributed by atoms with Gasteiger partial charge in [0.1, 0.15) is 25.0 Å². The minimum absolute atomic E-state index is 0.00506. The Morgan fingerprint density at radius 2 is 1.78 bits per heavy atom. The van der Waals surface area contributed by atoms with Gasteiger partial charge in [-0.1, -0.05) is 63.3 Å². The summed E-state index contributed by atoms with van der Waals surface area (Å²) in [6, 6.07) is -1.07. The van der Waals surface area contributed by atoms with Crippen LogP contribution >= 0.6 is 0 Å². The Bertz CT molecular complexity index is 1430. The van der Waals surface area contributed by atoms with E-state index in [4.69, 9.17) is 35.2 Å². The Labute approximate surface area is 322 Å². The fraction of sp³-hybridized carbons (Fsp3) is 0.684. The second-order valence-corrected chi connectivity index (χ2v) is 14.9. The largest absolute Gasteiger partial charge is 0.480 e. The lowest BCUT2D eigenvalue weighted by Gasteiger charge is -2.53. The maximum absolute atomic E-state index is 13.4. The zero-order chi connectivity index (χ0) is 40.9. The average Bonchev–Trinajstić information content (AvgIpc) is 3.12. The van der Waals surface area contributed by atoms with E-state index in [1.807, 2.05) is 33.8 Å². The predicted molar refractivity (Wildman–Crippen MR) is 202 cm³/mol. The van der Waals surface area contributed by atoms with Crippen molar-refractivity contribution in [2.45, 2.75) is 133 Å². The monoisotopic (exact) mass is 779 g/mol. The summed E-state index contributed by atoms with van der Waals surface area (Å²) in [6.45, 7) is 11.5. The molecule has 3 rings (SSSR count). The molecule has 11 atom stereocenters. The number of allylic oxidation sites excluding steroid dienone is 5. The number of carboxylic acids is 1. The number of methoxy groups -OCH3 is 1. The quantitative estimate of drug-likeness (QED) is 0.0226. The number of carboxylic acid groups (broad SMARTS) is 1. The Morgan fingerprint density at radius 3 is 2.44 bits per heavy atom. The molecule has 10 N–H and O–H groups in total. The molecular weight excluding hydrogens is 718 g/mol. The number of hydrogen-bond acceptors (Lipinski definition) is 12. The Balaban J connectivity index is 1.48. The molecule has 17 heteroatoms. The van der Waals surface area contributed by atoms with Gasteiger partial charge in [-0.15, -0.1) is 0 Å². The van der Waals surface area contributed by atoms with Gasteiger partial charge in [0.05, 0.1) is 24.4 Å². The molecule has 3 heterocycles. The molecule has 3 fully saturated rings. The van der Waals surface area contributed by atoms with Gasteiger partial charge in [0.25, 0.3) is 5.91 Å². The van der Waals surface area contributed by atoms with Crippen LogP contribution in [-0.4, -0.2) is 125 Å². The van der Waals surface area contributed by atoms with Crippen molar-refractivity contribution in [2.75, 3.05) is 20.4 Å². The number of nitrogens with zero attached hydrogens (tertiary/aromatic N) is 1. The number of amides is 2. The van der Waals surface area contributed by atoms with E-state index in [-0.39, 0.29) is 50.6 Å². The standard InChI is InChI=1S/C38H61N5O12/c1-22-20-38(51-6,55-24(3)23(22)2)32(47)33(48)43-34-30-29(52-21-53-34)31(46)37(4,5)27(54-30)19-25(44)15-12-10-8-7-9-11-13-17-28(45)42-26(35(49)50)16-14-18-41-36(39)40/h7-9,11,13,17,23-27,29-32,34,44,46-47H,1,10,12,14-16,18-21H2,2-6H3,(H,42,45)(H,43,48)(H,49,50)(H4,39,40,41). The second kappa shape index (κ2) is 21.0. The first-order chi connectivity index (χ1) is 25.9. The lowest BCUT2D eigenvalue weighted by Crippen LogP contribution is -2.69. The number of fused-ring (bicyclic) bond motifs is 1. The van der Waals surface area contributed by atoms with Gasteiger partial charge in [-0.25, -0.2) is 4.79 Å². The third-order valence-electron chi connectivity index (χ3n) is 10.5. The molecule has 3 saturated heterocycles. The molecule has 11 unspecified atom stereocenters. The minimum Gasteiger partial charge on any atom is -0.480 e. The SMILES string of the molecule is C=C1CC(OC)(C(O)C(=O)NC2OCOC3C2OC(CC(O)CCCC=CC=CC=CC(=O)NC(CCCN=C(N)N)C(=O)O)C(C)(C)C3O)OC(C)C1C.